The Hall–Kier alpha value is -1.66. The second-order valence-corrected chi connectivity index (χ2v) is 4.63. The summed E-state index contributed by atoms with van der Waals surface area (Å²) in [4.78, 5) is 22.0. The third-order valence-corrected chi connectivity index (χ3v) is 3.00. The van der Waals surface area contributed by atoms with E-state index in [-0.39, 0.29) is 17.3 Å². The Bertz CT molecular complexity index is 488. The molecule has 0 atom stereocenters. The van der Waals surface area contributed by atoms with Gasteiger partial charge in [0.1, 0.15) is 5.69 Å². The van der Waals surface area contributed by atoms with Crippen molar-refractivity contribution in [3.05, 3.63) is 33.3 Å². The molecule has 6 nitrogen and oxygen atoms in total. The zero-order valence-electron chi connectivity index (χ0n) is 9.48. The van der Waals surface area contributed by atoms with Crippen LogP contribution in [0.4, 0.5) is 11.4 Å². The van der Waals surface area contributed by atoms with E-state index in [2.05, 4.69) is 10.6 Å². The molecule has 96 valence electrons. The van der Waals surface area contributed by atoms with Crippen molar-refractivity contribution < 1.29 is 9.72 Å². The van der Waals surface area contributed by atoms with Crippen molar-refractivity contribution >= 4 is 28.9 Å². The fraction of sp³-hybridized carbons (Fsp3) is 0.364. The number of carbonyl (C=O) groups excluding carboxylic acids is 1. The molecule has 1 saturated heterocycles. The van der Waals surface area contributed by atoms with E-state index in [0.29, 0.717) is 17.4 Å². The van der Waals surface area contributed by atoms with E-state index in [1.165, 1.54) is 18.2 Å². The molecule has 1 amide bonds. The Morgan fingerprint density at radius 2 is 2.28 bits per heavy atom. The number of nitro groups is 1. The van der Waals surface area contributed by atoms with Gasteiger partial charge in [0.25, 0.3) is 5.69 Å². The van der Waals surface area contributed by atoms with Gasteiger partial charge in [-0.15, -0.1) is 0 Å². The van der Waals surface area contributed by atoms with Crippen LogP contribution >= 0.6 is 11.6 Å². The van der Waals surface area contributed by atoms with Gasteiger partial charge in [0.15, 0.2) is 0 Å². The smallest absolute Gasteiger partial charge is 0.292 e. The molecular formula is C11H12ClN3O3. The van der Waals surface area contributed by atoms with Crippen molar-refractivity contribution in [2.45, 2.75) is 6.42 Å². The number of carbonyl (C=O) groups is 1. The summed E-state index contributed by atoms with van der Waals surface area (Å²) in [6.45, 7) is 1.62. The average Bonchev–Trinajstić information content (AvgIpc) is 2.23. The maximum absolute atomic E-state index is 11.7. The van der Waals surface area contributed by atoms with E-state index in [1.54, 1.807) is 0 Å². The standard InChI is InChI=1S/C11H12ClN3O3/c12-8-1-2-10(15(17)18)9(4-8)14-11(16)3-7-5-13-6-7/h1-2,4,7,13H,3,5-6H2,(H,14,16). The van der Waals surface area contributed by atoms with E-state index in [9.17, 15) is 14.9 Å². The van der Waals surface area contributed by atoms with E-state index >= 15 is 0 Å². The Morgan fingerprint density at radius 1 is 1.56 bits per heavy atom. The first-order valence-corrected chi connectivity index (χ1v) is 5.88. The quantitative estimate of drug-likeness (QED) is 0.645. The average molecular weight is 270 g/mol. The van der Waals surface area contributed by atoms with E-state index in [1.807, 2.05) is 0 Å². The number of anilines is 1. The van der Waals surface area contributed by atoms with Crippen LogP contribution in [0.3, 0.4) is 0 Å². The summed E-state index contributed by atoms with van der Waals surface area (Å²) in [7, 11) is 0. The zero-order chi connectivity index (χ0) is 13.1. The molecule has 1 aliphatic rings. The SMILES string of the molecule is O=C(CC1CNC1)Nc1cc(Cl)ccc1[N+](=O)[O-]. The topological polar surface area (TPSA) is 84.3 Å². The summed E-state index contributed by atoms with van der Waals surface area (Å²) >= 11 is 5.77. The van der Waals surface area contributed by atoms with Gasteiger partial charge in [-0.2, -0.15) is 0 Å². The van der Waals surface area contributed by atoms with Crippen LogP contribution in [0.2, 0.25) is 5.02 Å². The molecule has 0 aliphatic carbocycles. The van der Waals surface area contributed by atoms with Gasteiger partial charge in [-0.3, -0.25) is 14.9 Å². The molecule has 0 unspecified atom stereocenters. The minimum absolute atomic E-state index is 0.143. The van der Waals surface area contributed by atoms with Crippen LogP contribution in [-0.2, 0) is 4.79 Å². The lowest BCUT2D eigenvalue weighted by molar-refractivity contribution is -0.383. The van der Waals surface area contributed by atoms with Crippen LogP contribution in [0, 0.1) is 16.0 Å². The molecule has 7 heteroatoms. The lowest BCUT2D eigenvalue weighted by Gasteiger charge is -2.26. The van der Waals surface area contributed by atoms with Crippen LogP contribution < -0.4 is 10.6 Å². The number of hydrogen-bond donors (Lipinski definition) is 2. The van der Waals surface area contributed by atoms with Crippen molar-refractivity contribution in [3.8, 4) is 0 Å². The molecule has 18 heavy (non-hydrogen) atoms. The molecule has 1 heterocycles. The fourth-order valence-corrected chi connectivity index (χ4v) is 1.90. The van der Waals surface area contributed by atoms with Crippen molar-refractivity contribution in [1.82, 2.24) is 5.32 Å². The lowest BCUT2D eigenvalue weighted by atomic mass is 9.99. The Kier molecular flexibility index (Phi) is 3.78. The Labute approximate surface area is 108 Å². The molecule has 0 saturated carbocycles. The van der Waals surface area contributed by atoms with E-state index in [0.717, 1.165) is 13.1 Å². The van der Waals surface area contributed by atoms with Gasteiger partial charge >= 0.3 is 0 Å². The predicted octanol–water partition coefficient (Wildman–Crippen LogP) is 1.80. The highest BCUT2D eigenvalue weighted by molar-refractivity contribution is 6.31. The van der Waals surface area contributed by atoms with Crippen molar-refractivity contribution in [2.24, 2.45) is 5.92 Å². The van der Waals surface area contributed by atoms with Crippen molar-refractivity contribution in [3.63, 3.8) is 0 Å². The van der Waals surface area contributed by atoms with Gasteiger partial charge in [0, 0.05) is 17.5 Å². The zero-order valence-corrected chi connectivity index (χ0v) is 10.2. The number of benzene rings is 1. The highest BCUT2D eigenvalue weighted by Gasteiger charge is 2.22. The molecule has 2 N–H and O–H groups in total. The molecule has 0 spiro atoms. The largest absolute Gasteiger partial charge is 0.320 e. The molecule has 0 radical (unpaired) electrons. The molecule has 2 rings (SSSR count). The highest BCUT2D eigenvalue weighted by atomic mass is 35.5. The molecule has 0 bridgehead atoms. The Balaban J connectivity index is 2.08. The second kappa shape index (κ2) is 5.32. The summed E-state index contributed by atoms with van der Waals surface area (Å²) < 4.78 is 0. The number of rotatable bonds is 4. The van der Waals surface area contributed by atoms with Gasteiger partial charge in [0.05, 0.1) is 4.92 Å². The first-order valence-electron chi connectivity index (χ1n) is 5.51. The third kappa shape index (κ3) is 2.96. The second-order valence-electron chi connectivity index (χ2n) is 4.20. The lowest BCUT2D eigenvalue weighted by Crippen LogP contribution is -2.43. The minimum atomic E-state index is -0.545. The molecular weight excluding hydrogens is 258 g/mol. The van der Waals surface area contributed by atoms with Crippen LogP contribution in [0.1, 0.15) is 6.42 Å². The summed E-state index contributed by atoms with van der Waals surface area (Å²) in [5.41, 5.74) is -0.00994. The molecule has 1 fully saturated rings. The van der Waals surface area contributed by atoms with E-state index < -0.39 is 4.92 Å². The highest BCUT2D eigenvalue weighted by Crippen LogP contribution is 2.28. The summed E-state index contributed by atoms with van der Waals surface area (Å²) in [5, 5.41) is 16.8. The van der Waals surface area contributed by atoms with E-state index in [4.69, 9.17) is 11.6 Å². The monoisotopic (exact) mass is 269 g/mol. The fourth-order valence-electron chi connectivity index (χ4n) is 1.72. The molecule has 0 aromatic heterocycles. The van der Waals surface area contributed by atoms with Crippen LogP contribution in [0.5, 0.6) is 0 Å². The van der Waals surface area contributed by atoms with Gasteiger partial charge in [-0.1, -0.05) is 11.6 Å². The van der Waals surface area contributed by atoms with Gasteiger partial charge < -0.3 is 10.6 Å². The van der Waals surface area contributed by atoms with Gasteiger partial charge in [-0.05, 0) is 31.1 Å². The maximum atomic E-state index is 11.7. The van der Waals surface area contributed by atoms with Gasteiger partial charge in [-0.25, -0.2) is 0 Å². The molecule has 1 aliphatic heterocycles. The maximum Gasteiger partial charge on any atom is 0.292 e. The normalized spacial score (nSPS) is 14.9. The number of halogens is 1. The van der Waals surface area contributed by atoms with Crippen molar-refractivity contribution in [2.75, 3.05) is 18.4 Å². The first-order chi connectivity index (χ1) is 8.56. The number of nitrogens with zero attached hydrogens (tertiary/aromatic N) is 1. The number of nitro benzene ring substituents is 1. The summed E-state index contributed by atoms with van der Waals surface area (Å²) in [5.74, 6) is 0.0788. The Morgan fingerprint density at radius 3 is 2.83 bits per heavy atom. The summed E-state index contributed by atoms with van der Waals surface area (Å²) in [6, 6.07) is 4.09. The van der Waals surface area contributed by atoms with Crippen LogP contribution in [0.15, 0.2) is 18.2 Å². The first kappa shape index (κ1) is 12.8. The summed E-state index contributed by atoms with van der Waals surface area (Å²) in [6.07, 6.45) is 0.358. The molecule has 1 aromatic carbocycles. The number of hydrogen-bond acceptors (Lipinski definition) is 4. The van der Waals surface area contributed by atoms with Gasteiger partial charge in [0.2, 0.25) is 5.91 Å². The number of amides is 1. The number of nitrogens with one attached hydrogen (secondary N) is 2. The van der Waals surface area contributed by atoms with Crippen LogP contribution in [-0.4, -0.2) is 23.9 Å². The minimum Gasteiger partial charge on any atom is -0.320 e. The third-order valence-electron chi connectivity index (χ3n) is 2.77. The molecule has 1 aromatic rings. The van der Waals surface area contributed by atoms with Crippen LogP contribution in [0.25, 0.3) is 0 Å². The van der Waals surface area contributed by atoms with Crippen molar-refractivity contribution in [1.29, 1.82) is 0 Å². The predicted molar refractivity (Wildman–Crippen MR) is 67.7 cm³/mol.